The summed E-state index contributed by atoms with van der Waals surface area (Å²) >= 11 is 9.44. The third-order valence-corrected chi connectivity index (χ3v) is 5.60. The molecular weight excluding hydrogens is 463 g/mol. The van der Waals surface area contributed by atoms with Gasteiger partial charge in [0.25, 0.3) is 5.91 Å². The van der Waals surface area contributed by atoms with E-state index in [-0.39, 0.29) is 22.8 Å². The fraction of sp³-hybridized carbons (Fsp3) is 0.200. The molecule has 2 N–H and O–H groups in total. The van der Waals surface area contributed by atoms with Crippen molar-refractivity contribution in [3.05, 3.63) is 62.4 Å². The number of carboxylic acid groups (broad SMARTS) is 1. The third kappa shape index (κ3) is 4.82. The van der Waals surface area contributed by atoms with Crippen molar-refractivity contribution in [2.24, 2.45) is 0 Å². The number of amides is 1. The molecule has 1 amide bonds. The Morgan fingerprint density at radius 1 is 1.28 bits per heavy atom. The van der Waals surface area contributed by atoms with E-state index in [1.807, 2.05) is 0 Å². The van der Waals surface area contributed by atoms with Gasteiger partial charge in [-0.05, 0) is 64.9 Å². The molecule has 0 radical (unpaired) electrons. The smallest absolute Gasteiger partial charge is 0.332 e. The van der Waals surface area contributed by atoms with Gasteiger partial charge in [-0.1, -0.05) is 17.7 Å². The maximum atomic E-state index is 13.9. The Bertz CT molecular complexity index is 984. The highest BCUT2D eigenvalue weighted by atomic mass is 79.9. The molecule has 0 saturated carbocycles. The van der Waals surface area contributed by atoms with Gasteiger partial charge in [-0.15, -0.1) is 0 Å². The van der Waals surface area contributed by atoms with Gasteiger partial charge < -0.3 is 15.2 Å². The molecule has 0 aromatic heterocycles. The minimum atomic E-state index is -1.06. The van der Waals surface area contributed by atoms with Crippen LogP contribution in [0.25, 0.3) is 0 Å². The molecule has 1 aliphatic carbocycles. The van der Waals surface area contributed by atoms with Crippen molar-refractivity contribution in [3.8, 4) is 5.75 Å². The van der Waals surface area contributed by atoms with Crippen molar-refractivity contribution in [1.82, 2.24) is 0 Å². The summed E-state index contributed by atoms with van der Waals surface area (Å²) in [6.07, 6.45) is 1.49. The highest BCUT2D eigenvalue weighted by Gasteiger charge is 2.25. The maximum Gasteiger partial charge on any atom is 0.332 e. The van der Waals surface area contributed by atoms with Gasteiger partial charge in [0.15, 0.2) is 0 Å². The maximum absolute atomic E-state index is 13.9. The zero-order chi connectivity index (χ0) is 21.1. The fourth-order valence-corrected chi connectivity index (χ4v) is 4.13. The molecule has 0 fully saturated rings. The van der Waals surface area contributed by atoms with Gasteiger partial charge in [0.05, 0.1) is 9.50 Å². The molecule has 0 spiro atoms. The van der Waals surface area contributed by atoms with E-state index in [4.69, 9.17) is 16.3 Å². The van der Waals surface area contributed by atoms with Crippen molar-refractivity contribution < 1.29 is 23.8 Å². The molecule has 0 saturated heterocycles. The number of carbonyl (C=O) groups excluding carboxylic acids is 1. The van der Waals surface area contributed by atoms with Gasteiger partial charge in [-0.25, -0.2) is 9.18 Å². The number of ether oxygens (including phenoxy) is 1. The molecule has 0 atom stereocenters. The fourth-order valence-electron chi connectivity index (χ4n) is 3.24. The van der Waals surface area contributed by atoms with Crippen molar-refractivity contribution in [3.63, 3.8) is 0 Å². The molecule has 2 aromatic rings. The average molecular weight is 481 g/mol. The summed E-state index contributed by atoms with van der Waals surface area (Å²) in [6.45, 7) is -0.0501. The van der Waals surface area contributed by atoms with E-state index in [0.717, 1.165) is 0 Å². The first kappa shape index (κ1) is 21.4. The number of nitrogens with one attached hydrogen (secondary N) is 1. The van der Waals surface area contributed by atoms with Crippen LogP contribution >= 0.6 is 27.5 Å². The quantitative estimate of drug-likeness (QED) is 0.620. The Morgan fingerprint density at radius 2 is 2.00 bits per heavy atom. The molecule has 1 aliphatic rings. The lowest BCUT2D eigenvalue weighted by Gasteiger charge is -2.15. The second kappa shape index (κ2) is 9.01. The third-order valence-electron chi connectivity index (χ3n) is 4.66. The first-order valence-corrected chi connectivity index (χ1v) is 10.1. The largest absolute Gasteiger partial charge is 0.488 e. The van der Waals surface area contributed by atoms with Gasteiger partial charge in [-0.3, -0.25) is 4.79 Å². The molecule has 0 heterocycles. The number of hydrogen-bond donors (Lipinski definition) is 2. The SMILES string of the molecule is Bc1cc(NC(=O)C2=C(C(=O)O)CCC2)cc(Br)c1OCc1c(F)cccc1Cl. The molecule has 29 heavy (non-hydrogen) atoms. The summed E-state index contributed by atoms with van der Waals surface area (Å²) in [4.78, 5) is 23.7. The number of benzene rings is 2. The van der Waals surface area contributed by atoms with Crippen LogP contribution in [0.5, 0.6) is 5.75 Å². The predicted octanol–water partition coefficient (Wildman–Crippen LogP) is 3.58. The topological polar surface area (TPSA) is 75.6 Å². The van der Waals surface area contributed by atoms with Crippen LogP contribution in [0.4, 0.5) is 10.1 Å². The molecule has 3 rings (SSSR count). The van der Waals surface area contributed by atoms with E-state index >= 15 is 0 Å². The zero-order valence-electron chi connectivity index (χ0n) is 15.5. The Balaban J connectivity index is 1.77. The second-order valence-corrected chi connectivity index (χ2v) is 7.92. The van der Waals surface area contributed by atoms with Crippen molar-refractivity contribution in [1.29, 1.82) is 0 Å². The zero-order valence-corrected chi connectivity index (χ0v) is 17.9. The van der Waals surface area contributed by atoms with Gasteiger partial charge in [0.1, 0.15) is 26.0 Å². The van der Waals surface area contributed by atoms with Crippen LogP contribution in [-0.2, 0) is 16.2 Å². The van der Waals surface area contributed by atoms with Crippen LogP contribution in [0.1, 0.15) is 24.8 Å². The summed E-state index contributed by atoms with van der Waals surface area (Å²) in [5.41, 5.74) is 1.94. The summed E-state index contributed by atoms with van der Waals surface area (Å²) in [7, 11) is 1.79. The van der Waals surface area contributed by atoms with E-state index in [0.29, 0.717) is 46.2 Å². The van der Waals surface area contributed by atoms with E-state index in [2.05, 4.69) is 21.2 Å². The van der Waals surface area contributed by atoms with Crippen LogP contribution in [0, 0.1) is 5.82 Å². The lowest BCUT2D eigenvalue weighted by molar-refractivity contribution is -0.133. The summed E-state index contributed by atoms with van der Waals surface area (Å²) in [6, 6.07) is 7.78. The van der Waals surface area contributed by atoms with E-state index in [9.17, 15) is 19.1 Å². The molecule has 0 bridgehead atoms. The molecule has 0 unspecified atom stereocenters. The lowest BCUT2D eigenvalue weighted by Crippen LogP contribution is -2.18. The second-order valence-electron chi connectivity index (χ2n) is 6.66. The molecule has 150 valence electrons. The molecule has 0 aliphatic heterocycles. The van der Waals surface area contributed by atoms with Gasteiger partial charge >= 0.3 is 5.97 Å². The van der Waals surface area contributed by atoms with E-state index in [1.54, 1.807) is 26.0 Å². The summed E-state index contributed by atoms with van der Waals surface area (Å²) in [5, 5.41) is 12.2. The van der Waals surface area contributed by atoms with Gasteiger partial charge in [0.2, 0.25) is 0 Å². The lowest BCUT2D eigenvalue weighted by atomic mass is 9.94. The number of anilines is 1. The molecule has 9 heteroatoms. The minimum Gasteiger partial charge on any atom is -0.488 e. The van der Waals surface area contributed by atoms with E-state index < -0.39 is 17.7 Å². The molecule has 2 aromatic carbocycles. The molecular formula is C20H17BBrClFNO4. The average Bonchev–Trinajstić information content (AvgIpc) is 3.13. The Labute approximate surface area is 181 Å². The van der Waals surface area contributed by atoms with Gasteiger partial charge in [-0.2, -0.15) is 0 Å². The number of halogens is 3. The van der Waals surface area contributed by atoms with Crippen LogP contribution in [0.15, 0.2) is 46.0 Å². The van der Waals surface area contributed by atoms with Crippen molar-refractivity contribution >= 4 is 58.4 Å². The predicted molar refractivity (Wildman–Crippen MR) is 115 cm³/mol. The van der Waals surface area contributed by atoms with Crippen molar-refractivity contribution in [2.75, 3.05) is 5.32 Å². The summed E-state index contributed by atoms with van der Waals surface area (Å²) in [5.74, 6) is -1.43. The number of carboxylic acids is 1. The Hall–Kier alpha value is -2.32. The number of hydrogen-bond acceptors (Lipinski definition) is 3. The minimum absolute atomic E-state index is 0.0501. The normalized spacial score (nSPS) is 13.5. The number of rotatable bonds is 6. The van der Waals surface area contributed by atoms with E-state index in [1.165, 1.54) is 12.1 Å². The number of aliphatic carboxylic acids is 1. The first-order valence-electron chi connectivity index (χ1n) is 8.90. The van der Waals surface area contributed by atoms with Crippen LogP contribution in [0.3, 0.4) is 0 Å². The van der Waals surface area contributed by atoms with Crippen LogP contribution in [0.2, 0.25) is 5.02 Å². The van der Waals surface area contributed by atoms with Crippen LogP contribution in [-0.4, -0.2) is 24.8 Å². The Kier molecular flexibility index (Phi) is 6.65. The van der Waals surface area contributed by atoms with Crippen molar-refractivity contribution in [2.45, 2.75) is 25.9 Å². The standard InChI is InChI=1S/C20H17BBrClFNO4/c21-14-7-10(25-19(26)11-3-1-4-12(11)20(27)28)8-15(22)18(14)29-9-13-16(23)5-2-6-17(13)24/h2,5-8H,1,3-4,9,21H2,(H,25,26)(H,27,28). The van der Waals surface area contributed by atoms with Crippen LogP contribution < -0.4 is 15.5 Å². The Morgan fingerprint density at radius 3 is 2.66 bits per heavy atom. The number of carbonyl (C=O) groups is 2. The summed E-state index contributed by atoms with van der Waals surface area (Å²) < 4.78 is 20.2. The highest BCUT2D eigenvalue weighted by molar-refractivity contribution is 9.10. The monoisotopic (exact) mass is 479 g/mol. The highest BCUT2D eigenvalue weighted by Crippen LogP contribution is 2.30. The van der Waals surface area contributed by atoms with Gasteiger partial charge in [0, 0.05) is 22.4 Å². The molecule has 5 nitrogen and oxygen atoms in total. The first-order chi connectivity index (χ1) is 13.8.